The molecule has 0 spiro atoms. The van der Waals surface area contributed by atoms with E-state index in [0.717, 1.165) is 6.07 Å². The highest BCUT2D eigenvalue weighted by Crippen LogP contribution is 2.19. The summed E-state index contributed by atoms with van der Waals surface area (Å²) < 4.78 is 18.7. The van der Waals surface area contributed by atoms with Crippen LogP contribution in [-0.2, 0) is 4.79 Å². The second-order valence-electron chi connectivity index (χ2n) is 3.75. The van der Waals surface area contributed by atoms with Gasteiger partial charge in [0, 0.05) is 14.1 Å². The molecule has 0 bridgehead atoms. The highest BCUT2D eigenvalue weighted by molar-refractivity contribution is 5.80. The monoisotopic (exact) mass is 236 g/mol. The smallest absolute Gasteiger partial charge is 0.262 e. The van der Waals surface area contributed by atoms with E-state index in [2.05, 4.69) is 0 Å². The Morgan fingerprint density at radius 3 is 2.65 bits per heavy atom. The first-order valence-electron chi connectivity index (χ1n) is 5.03. The SMILES string of the molecule is CC(Oc1ccc(C#N)cc1F)C(=O)N(C)C. The molecule has 1 amide bonds. The first kappa shape index (κ1) is 13.0. The zero-order valence-electron chi connectivity index (χ0n) is 9.90. The first-order valence-corrected chi connectivity index (χ1v) is 5.03. The average molecular weight is 236 g/mol. The van der Waals surface area contributed by atoms with E-state index < -0.39 is 11.9 Å². The molecule has 0 saturated heterocycles. The minimum absolute atomic E-state index is 0.0355. The van der Waals surface area contributed by atoms with Crippen molar-refractivity contribution in [2.45, 2.75) is 13.0 Å². The van der Waals surface area contributed by atoms with E-state index in [0.29, 0.717) is 0 Å². The predicted octanol–water partition coefficient (Wildman–Crippen LogP) is 1.55. The Balaban J connectivity index is 2.83. The highest BCUT2D eigenvalue weighted by atomic mass is 19.1. The van der Waals surface area contributed by atoms with Crippen LogP contribution in [0.5, 0.6) is 5.75 Å². The summed E-state index contributed by atoms with van der Waals surface area (Å²) in [5.41, 5.74) is 0.210. The van der Waals surface area contributed by atoms with Gasteiger partial charge >= 0.3 is 0 Å². The van der Waals surface area contributed by atoms with Crippen molar-refractivity contribution in [2.24, 2.45) is 0 Å². The number of hydrogen-bond acceptors (Lipinski definition) is 3. The molecule has 0 heterocycles. The molecular weight excluding hydrogens is 223 g/mol. The van der Waals surface area contributed by atoms with Crippen LogP contribution in [0.4, 0.5) is 4.39 Å². The molecule has 0 aromatic heterocycles. The molecule has 0 fully saturated rings. The summed E-state index contributed by atoms with van der Waals surface area (Å²) in [6.45, 7) is 1.54. The number of halogens is 1. The quantitative estimate of drug-likeness (QED) is 0.800. The molecule has 1 aromatic carbocycles. The van der Waals surface area contributed by atoms with E-state index in [4.69, 9.17) is 10.00 Å². The van der Waals surface area contributed by atoms with Gasteiger partial charge in [-0.1, -0.05) is 0 Å². The molecule has 1 atom stereocenters. The third-order valence-electron chi connectivity index (χ3n) is 2.15. The molecule has 1 unspecified atom stereocenters. The average Bonchev–Trinajstić information content (AvgIpc) is 2.30. The Labute approximate surface area is 99.2 Å². The third-order valence-corrected chi connectivity index (χ3v) is 2.15. The maximum atomic E-state index is 13.5. The molecule has 17 heavy (non-hydrogen) atoms. The zero-order valence-corrected chi connectivity index (χ0v) is 9.90. The van der Waals surface area contributed by atoms with Crippen LogP contribution in [0.3, 0.4) is 0 Å². The molecular formula is C12H13FN2O2. The lowest BCUT2D eigenvalue weighted by molar-refractivity contribution is -0.135. The fourth-order valence-electron chi connectivity index (χ4n) is 1.27. The Kier molecular flexibility index (Phi) is 4.05. The van der Waals surface area contributed by atoms with E-state index in [1.54, 1.807) is 21.0 Å². The standard InChI is InChI=1S/C12H13FN2O2/c1-8(12(16)15(2)3)17-11-5-4-9(7-14)6-10(11)13/h4-6,8H,1-3H3. The molecule has 5 heteroatoms. The number of nitriles is 1. The van der Waals surface area contributed by atoms with Crippen molar-refractivity contribution >= 4 is 5.91 Å². The number of amides is 1. The minimum Gasteiger partial charge on any atom is -0.478 e. The van der Waals surface area contributed by atoms with Crippen molar-refractivity contribution in [1.82, 2.24) is 4.90 Å². The third kappa shape index (κ3) is 3.18. The van der Waals surface area contributed by atoms with E-state index in [9.17, 15) is 9.18 Å². The van der Waals surface area contributed by atoms with E-state index in [1.807, 2.05) is 6.07 Å². The fourth-order valence-corrected chi connectivity index (χ4v) is 1.27. The topological polar surface area (TPSA) is 53.3 Å². The van der Waals surface area contributed by atoms with Gasteiger partial charge in [0.1, 0.15) is 0 Å². The highest BCUT2D eigenvalue weighted by Gasteiger charge is 2.18. The van der Waals surface area contributed by atoms with Crippen LogP contribution in [0, 0.1) is 17.1 Å². The van der Waals surface area contributed by atoms with Gasteiger partial charge < -0.3 is 9.64 Å². The Bertz CT molecular complexity index is 466. The zero-order chi connectivity index (χ0) is 13.0. The van der Waals surface area contributed by atoms with Gasteiger partial charge in [-0.25, -0.2) is 4.39 Å². The van der Waals surface area contributed by atoms with Gasteiger partial charge in [0.2, 0.25) is 0 Å². The number of carbonyl (C=O) groups excluding carboxylic acids is 1. The molecule has 90 valence electrons. The van der Waals surface area contributed by atoms with Crippen molar-refractivity contribution in [3.8, 4) is 11.8 Å². The van der Waals surface area contributed by atoms with Gasteiger partial charge in [-0.05, 0) is 25.1 Å². The van der Waals surface area contributed by atoms with Gasteiger partial charge in [-0.15, -0.1) is 0 Å². The van der Waals surface area contributed by atoms with E-state index >= 15 is 0 Å². The van der Waals surface area contributed by atoms with Crippen LogP contribution < -0.4 is 4.74 Å². The Morgan fingerprint density at radius 2 is 2.18 bits per heavy atom. The number of rotatable bonds is 3. The summed E-state index contributed by atoms with van der Waals surface area (Å²) >= 11 is 0. The largest absolute Gasteiger partial charge is 0.478 e. The number of ether oxygens (including phenoxy) is 1. The maximum Gasteiger partial charge on any atom is 0.262 e. The van der Waals surface area contributed by atoms with Gasteiger partial charge in [0.15, 0.2) is 17.7 Å². The summed E-state index contributed by atoms with van der Waals surface area (Å²) in [6.07, 6.45) is -0.771. The summed E-state index contributed by atoms with van der Waals surface area (Å²) in [5, 5.41) is 8.58. The van der Waals surface area contributed by atoms with Crippen LogP contribution >= 0.6 is 0 Å². The number of hydrogen-bond donors (Lipinski definition) is 0. The van der Waals surface area contributed by atoms with E-state index in [1.165, 1.54) is 17.0 Å². The molecule has 0 aliphatic carbocycles. The molecule has 0 N–H and O–H groups in total. The Hall–Kier alpha value is -2.09. The van der Waals surface area contributed by atoms with Crippen molar-refractivity contribution < 1.29 is 13.9 Å². The number of carbonyl (C=O) groups is 1. The second kappa shape index (κ2) is 5.30. The van der Waals surface area contributed by atoms with Crippen LogP contribution in [0.2, 0.25) is 0 Å². The van der Waals surface area contributed by atoms with Crippen LogP contribution in [0.1, 0.15) is 12.5 Å². The van der Waals surface area contributed by atoms with Crippen molar-refractivity contribution in [1.29, 1.82) is 5.26 Å². The normalized spacial score (nSPS) is 11.5. The number of nitrogens with zero attached hydrogens (tertiary/aromatic N) is 2. The summed E-state index contributed by atoms with van der Waals surface area (Å²) in [5.74, 6) is -0.942. The van der Waals surface area contributed by atoms with E-state index in [-0.39, 0.29) is 17.2 Å². The van der Waals surface area contributed by atoms with Gasteiger partial charge in [-0.2, -0.15) is 5.26 Å². The minimum atomic E-state index is -0.771. The van der Waals surface area contributed by atoms with Gasteiger partial charge in [0.25, 0.3) is 5.91 Å². The Morgan fingerprint density at radius 1 is 1.53 bits per heavy atom. The van der Waals surface area contributed by atoms with Crippen LogP contribution in [0.15, 0.2) is 18.2 Å². The molecule has 4 nitrogen and oxygen atoms in total. The predicted molar refractivity (Wildman–Crippen MR) is 59.9 cm³/mol. The molecule has 1 rings (SSSR count). The lowest BCUT2D eigenvalue weighted by Crippen LogP contribution is -2.35. The van der Waals surface area contributed by atoms with Crippen molar-refractivity contribution in [3.63, 3.8) is 0 Å². The molecule has 1 aromatic rings. The number of benzene rings is 1. The molecule has 0 radical (unpaired) electrons. The first-order chi connectivity index (χ1) is 7.95. The van der Waals surface area contributed by atoms with Gasteiger partial charge in [-0.3, -0.25) is 4.79 Å². The summed E-state index contributed by atoms with van der Waals surface area (Å²) in [7, 11) is 3.19. The number of likely N-dealkylation sites (N-methyl/N-ethyl adjacent to an activating group) is 1. The molecule has 0 aliphatic heterocycles. The summed E-state index contributed by atoms with van der Waals surface area (Å²) in [4.78, 5) is 12.9. The van der Waals surface area contributed by atoms with Gasteiger partial charge in [0.05, 0.1) is 11.6 Å². The lowest BCUT2D eigenvalue weighted by Gasteiger charge is -2.18. The van der Waals surface area contributed by atoms with Crippen LogP contribution in [-0.4, -0.2) is 31.0 Å². The lowest BCUT2D eigenvalue weighted by atomic mass is 10.2. The molecule has 0 aliphatic rings. The maximum absolute atomic E-state index is 13.5. The second-order valence-corrected chi connectivity index (χ2v) is 3.75. The van der Waals surface area contributed by atoms with Crippen molar-refractivity contribution in [3.05, 3.63) is 29.6 Å². The molecule has 0 saturated carbocycles. The fraction of sp³-hybridized carbons (Fsp3) is 0.333. The van der Waals surface area contributed by atoms with Crippen molar-refractivity contribution in [2.75, 3.05) is 14.1 Å². The summed E-state index contributed by atoms with van der Waals surface area (Å²) in [6, 6.07) is 5.67. The van der Waals surface area contributed by atoms with Crippen LogP contribution in [0.25, 0.3) is 0 Å².